The van der Waals surface area contributed by atoms with Crippen LogP contribution in [0.25, 0.3) is 0 Å². The standard InChI is InChI=1S/C12H14ClN3O2/c1-3-16-11(10(18-2)7-15-16)12(17)9-5-4-8(13)6-14-9/h4-7,12,17H,3H2,1-2H3. The molecule has 2 rings (SSSR count). The lowest BCUT2D eigenvalue weighted by molar-refractivity contribution is 0.198. The zero-order chi connectivity index (χ0) is 13.1. The van der Waals surface area contributed by atoms with Crippen molar-refractivity contribution in [3.05, 3.63) is 40.9 Å². The van der Waals surface area contributed by atoms with Gasteiger partial charge in [-0.25, -0.2) is 0 Å². The van der Waals surface area contributed by atoms with Gasteiger partial charge < -0.3 is 9.84 Å². The molecule has 0 spiro atoms. The van der Waals surface area contributed by atoms with Gasteiger partial charge in [-0.3, -0.25) is 9.67 Å². The highest BCUT2D eigenvalue weighted by Gasteiger charge is 2.21. The molecule has 0 aliphatic heterocycles. The van der Waals surface area contributed by atoms with Crippen molar-refractivity contribution in [2.45, 2.75) is 19.6 Å². The van der Waals surface area contributed by atoms with Crippen molar-refractivity contribution in [1.29, 1.82) is 0 Å². The van der Waals surface area contributed by atoms with Crippen molar-refractivity contribution in [3.63, 3.8) is 0 Å². The molecule has 0 aromatic carbocycles. The van der Waals surface area contributed by atoms with Crippen molar-refractivity contribution < 1.29 is 9.84 Å². The highest BCUT2D eigenvalue weighted by Crippen LogP contribution is 2.29. The Morgan fingerprint density at radius 3 is 2.78 bits per heavy atom. The Morgan fingerprint density at radius 1 is 1.44 bits per heavy atom. The van der Waals surface area contributed by atoms with Crippen LogP contribution in [0.5, 0.6) is 5.75 Å². The molecule has 2 aromatic rings. The van der Waals surface area contributed by atoms with E-state index in [2.05, 4.69) is 10.1 Å². The molecule has 0 aliphatic rings. The SMILES string of the molecule is CCn1ncc(OC)c1C(O)c1ccc(Cl)cn1. The zero-order valence-electron chi connectivity index (χ0n) is 10.2. The molecule has 0 bridgehead atoms. The molecule has 96 valence electrons. The molecule has 0 aliphatic carbocycles. The number of halogens is 1. The van der Waals surface area contributed by atoms with Crippen LogP contribution in [-0.4, -0.2) is 27.0 Å². The third kappa shape index (κ3) is 2.32. The van der Waals surface area contributed by atoms with Crippen LogP contribution < -0.4 is 4.74 Å². The number of methoxy groups -OCH3 is 1. The van der Waals surface area contributed by atoms with E-state index in [0.29, 0.717) is 28.7 Å². The second-order valence-electron chi connectivity index (χ2n) is 3.72. The van der Waals surface area contributed by atoms with E-state index in [1.54, 1.807) is 30.1 Å². The first kappa shape index (κ1) is 12.9. The molecule has 0 amide bonds. The van der Waals surface area contributed by atoms with Gasteiger partial charge >= 0.3 is 0 Å². The first-order valence-corrected chi connectivity index (χ1v) is 5.94. The lowest BCUT2D eigenvalue weighted by atomic mass is 10.1. The van der Waals surface area contributed by atoms with E-state index in [1.165, 1.54) is 6.20 Å². The molecule has 2 heterocycles. The van der Waals surface area contributed by atoms with Crippen LogP contribution >= 0.6 is 11.6 Å². The number of aryl methyl sites for hydroxylation is 1. The fraction of sp³-hybridized carbons (Fsp3) is 0.333. The first-order valence-electron chi connectivity index (χ1n) is 5.56. The summed E-state index contributed by atoms with van der Waals surface area (Å²) in [6, 6.07) is 3.37. The number of aliphatic hydroxyl groups is 1. The van der Waals surface area contributed by atoms with Crippen molar-refractivity contribution in [1.82, 2.24) is 14.8 Å². The van der Waals surface area contributed by atoms with E-state index in [-0.39, 0.29) is 0 Å². The van der Waals surface area contributed by atoms with Crippen LogP contribution in [0.15, 0.2) is 24.5 Å². The molecule has 0 saturated carbocycles. The van der Waals surface area contributed by atoms with Gasteiger partial charge in [0.1, 0.15) is 11.8 Å². The average Bonchev–Trinajstić information content (AvgIpc) is 2.81. The number of rotatable bonds is 4. The smallest absolute Gasteiger partial charge is 0.163 e. The summed E-state index contributed by atoms with van der Waals surface area (Å²) in [6.45, 7) is 2.58. The van der Waals surface area contributed by atoms with Gasteiger partial charge in [0.05, 0.1) is 24.0 Å². The van der Waals surface area contributed by atoms with E-state index in [4.69, 9.17) is 16.3 Å². The molecule has 0 radical (unpaired) electrons. The Hall–Kier alpha value is -1.59. The number of aromatic nitrogens is 3. The minimum atomic E-state index is -0.889. The normalized spacial score (nSPS) is 12.4. The number of hydrogen-bond donors (Lipinski definition) is 1. The largest absolute Gasteiger partial charge is 0.493 e. The fourth-order valence-corrected chi connectivity index (χ4v) is 1.86. The van der Waals surface area contributed by atoms with Crippen LogP contribution in [0, 0.1) is 0 Å². The van der Waals surface area contributed by atoms with Crippen LogP contribution in [0.1, 0.15) is 24.4 Å². The third-order valence-corrected chi connectivity index (χ3v) is 2.88. The van der Waals surface area contributed by atoms with E-state index < -0.39 is 6.10 Å². The third-order valence-electron chi connectivity index (χ3n) is 2.65. The second kappa shape index (κ2) is 5.37. The Morgan fingerprint density at radius 2 is 2.22 bits per heavy atom. The molecule has 1 atom stereocenters. The Bertz CT molecular complexity index is 503. The average molecular weight is 268 g/mol. The highest BCUT2D eigenvalue weighted by molar-refractivity contribution is 6.30. The van der Waals surface area contributed by atoms with Gasteiger partial charge in [0, 0.05) is 12.7 Å². The summed E-state index contributed by atoms with van der Waals surface area (Å²) in [5.74, 6) is 0.543. The summed E-state index contributed by atoms with van der Waals surface area (Å²) >= 11 is 5.77. The van der Waals surface area contributed by atoms with Crippen molar-refractivity contribution >= 4 is 11.6 Å². The molecule has 0 fully saturated rings. The molecule has 5 nitrogen and oxygen atoms in total. The molecule has 2 aromatic heterocycles. The summed E-state index contributed by atoms with van der Waals surface area (Å²) in [5.41, 5.74) is 1.10. The molecule has 18 heavy (non-hydrogen) atoms. The number of pyridine rings is 1. The summed E-state index contributed by atoms with van der Waals surface area (Å²) in [7, 11) is 1.54. The predicted molar refractivity (Wildman–Crippen MR) is 67.8 cm³/mol. The number of aliphatic hydroxyl groups excluding tert-OH is 1. The van der Waals surface area contributed by atoms with Crippen molar-refractivity contribution in [3.8, 4) is 5.75 Å². The van der Waals surface area contributed by atoms with Gasteiger partial charge in [-0.05, 0) is 19.1 Å². The van der Waals surface area contributed by atoms with Gasteiger partial charge in [0.15, 0.2) is 5.75 Å². The van der Waals surface area contributed by atoms with E-state index in [9.17, 15) is 5.11 Å². The lowest BCUT2D eigenvalue weighted by Crippen LogP contribution is -2.11. The maximum absolute atomic E-state index is 10.3. The van der Waals surface area contributed by atoms with E-state index in [1.807, 2.05) is 6.92 Å². The molecule has 1 N–H and O–H groups in total. The Balaban J connectivity index is 2.41. The molecule has 0 saturated heterocycles. The molecule has 1 unspecified atom stereocenters. The van der Waals surface area contributed by atoms with Crippen molar-refractivity contribution in [2.75, 3.05) is 7.11 Å². The summed E-state index contributed by atoms with van der Waals surface area (Å²) in [6.07, 6.45) is 2.19. The minimum absolute atomic E-state index is 0.507. The maximum atomic E-state index is 10.3. The van der Waals surface area contributed by atoms with Crippen LogP contribution in [-0.2, 0) is 6.54 Å². The van der Waals surface area contributed by atoms with Gasteiger partial charge in [-0.2, -0.15) is 5.10 Å². The van der Waals surface area contributed by atoms with Gasteiger partial charge in [0.2, 0.25) is 0 Å². The Labute approximate surface area is 110 Å². The second-order valence-corrected chi connectivity index (χ2v) is 4.15. The topological polar surface area (TPSA) is 60.2 Å². The van der Waals surface area contributed by atoms with Crippen LogP contribution in [0.3, 0.4) is 0 Å². The molecule has 6 heteroatoms. The van der Waals surface area contributed by atoms with Crippen molar-refractivity contribution in [2.24, 2.45) is 0 Å². The fourth-order valence-electron chi connectivity index (χ4n) is 1.75. The summed E-state index contributed by atoms with van der Waals surface area (Å²) in [4.78, 5) is 4.11. The van der Waals surface area contributed by atoms with Crippen LogP contribution in [0.2, 0.25) is 5.02 Å². The minimum Gasteiger partial charge on any atom is -0.493 e. The zero-order valence-corrected chi connectivity index (χ0v) is 10.9. The predicted octanol–water partition coefficient (Wildman–Crippen LogP) is 2.04. The monoisotopic (exact) mass is 267 g/mol. The quantitative estimate of drug-likeness (QED) is 0.921. The van der Waals surface area contributed by atoms with Gasteiger partial charge in [-0.15, -0.1) is 0 Å². The van der Waals surface area contributed by atoms with Gasteiger partial charge in [0.25, 0.3) is 0 Å². The van der Waals surface area contributed by atoms with Gasteiger partial charge in [-0.1, -0.05) is 11.6 Å². The highest BCUT2D eigenvalue weighted by atomic mass is 35.5. The first-order chi connectivity index (χ1) is 8.67. The Kier molecular flexibility index (Phi) is 3.84. The maximum Gasteiger partial charge on any atom is 0.163 e. The number of nitrogens with zero attached hydrogens (tertiary/aromatic N) is 3. The molecular formula is C12H14ClN3O2. The van der Waals surface area contributed by atoms with Crippen LogP contribution in [0.4, 0.5) is 0 Å². The van der Waals surface area contributed by atoms with E-state index in [0.717, 1.165) is 0 Å². The number of ether oxygens (including phenoxy) is 1. The lowest BCUT2D eigenvalue weighted by Gasteiger charge is -2.13. The van der Waals surface area contributed by atoms with E-state index >= 15 is 0 Å². The molecular weight excluding hydrogens is 254 g/mol. The number of hydrogen-bond acceptors (Lipinski definition) is 4. The summed E-state index contributed by atoms with van der Waals surface area (Å²) < 4.78 is 6.88. The summed E-state index contributed by atoms with van der Waals surface area (Å²) in [5, 5.41) is 15.0.